The minimum atomic E-state index is 0.460. The van der Waals surface area contributed by atoms with Gasteiger partial charge in [0.05, 0.1) is 6.54 Å². The van der Waals surface area contributed by atoms with Crippen LogP contribution >= 0.6 is 0 Å². The molecule has 1 fully saturated rings. The number of hydrogen-bond donors (Lipinski definition) is 1. The molecule has 0 saturated heterocycles. The first-order valence-corrected chi connectivity index (χ1v) is 9.89. The van der Waals surface area contributed by atoms with Gasteiger partial charge in [-0.15, -0.1) is 10.2 Å². The summed E-state index contributed by atoms with van der Waals surface area (Å²) >= 11 is 0. The lowest BCUT2D eigenvalue weighted by molar-refractivity contribution is 0.368. The van der Waals surface area contributed by atoms with Gasteiger partial charge in [-0.25, -0.2) is 0 Å². The first kappa shape index (κ1) is 17.9. The number of rotatable bonds is 5. The van der Waals surface area contributed by atoms with Crippen LogP contribution in [0.15, 0.2) is 39.3 Å². The Hall–Kier alpha value is -2.47. The van der Waals surface area contributed by atoms with Crippen LogP contribution in [0, 0.1) is 6.92 Å². The Kier molecular flexibility index (Phi) is 5.63. The highest BCUT2D eigenvalue weighted by Gasteiger charge is 2.22. The quantitative estimate of drug-likeness (QED) is 0.692. The zero-order chi connectivity index (χ0) is 18.5. The predicted octanol–water partition coefficient (Wildman–Crippen LogP) is 4.90. The van der Waals surface area contributed by atoms with Gasteiger partial charge in [0, 0.05) is 11.6 Å². The highest BCUT2D eigenvalue weighted by atomic mass is 16.5. The monoisotopic (exact) mass is 366 g/mol. The van der Waals surface area contributed by atoms with Crippen LogP contribution in [0.4, 0.5) is 0 Å². The molecular weight excluding hydrogens is 340 g/mol. The van der Waals surface area contributed by atoms with Gasteiger partial charge < -0.3 is 14.3 Å². The van der Waals surface area contributed by atoms with Gasteiger partial charge in [0.25, 0.3) is 5.89 Å². The Labute approximate surface area is 159 Å². The van der Waals surface area contributed by atoms with Crippen molar-refractivity contribution in [1.29, 1.82) is 0 Å². The second-order valence-corrected chi connectivity index (χ2v) is 7.25. The van der Waals surface area contributed by atoms with Crippen LogP contribution in [-0.2, 0) is 6.54 Å². The Balaban J connectivity index is 1.47. The van der Waals surface area contributed by atoms with Crippen LogP contribution in [0.3, 0.4) is 0 Å². The molecular formula is C21H26N4O2. The van der Waals surface area contributed by atoms with Gasteiger partial charge in [0.15, 0.2) is 0 Å². The van der Waals surface area contributed by atoms with E-state index in [9.17, 15) is 0 Å². The molecule has 2 aromatic heterocycles. The maximum Gasteiger partial charge on any atom is 0.253 e. The largest absolute Gasteiger partial charge is 0.419 e. The summed E-state index contributed by atoms with van der Waals surface area (Å²) in [5, 5.41) is 16.3. The molecule has 1 aliphatic carbocycles. The van der Waals surface area contributed by atoms with Crippen molar-refractivity contribution in [3.05, 3.63) is 42.0 Å². The van der Waals surface area contributed by atoms with Crippen LogP contribution in [0.2, 0.25) is 0 Å². The van der Waals surface area contributed by atoms with E-state index in [1.807, 2.05) is 37.3 Å². The van der Waals surface area contributed by atoms with Crippen molar-refractivity contribution in [2.24, 2.45) is 0 Å². The number of aromatic nitrogens is 3. The first-order chi connectivity index (χ1) is 13.3. The zero-order valence-electron chi connectivity index (χ0n) is 15.8. The Morgan fingerprint density at radius 2 is 1.74 bits per heavy atom. The summed E-state index contributed by atoms with van der Waals surface area (Å²) in [5.41, 5.74) is 2.47. The SMILES string of the molecule is Cc1onc(-c2ccccc2)c1-c1nnc(CNC2CCCCCCC2)o1. The van der Waals surface area contributed by atoms with E-state index < -0.39 is 0 Å². The molecule has 6 nitrogen and oxygen atoms in total. The number of benzene rings is 1. The Morgan fingerprint density at radius 1 is 1.00 bits per heavy atom. The molecule has 0 radical (unpaired) electrons. The average molecular weight is 366 g/mol. The number of nitrogens with zero attached hydrogens (tertiary/aromatic N) is 3. The summed E-state index contributed by atoms with van der Waals surface area (Å²) in [7, 11) is 0. The van der Waals surface area contributed by atoms with Gasteiger partial charge in [0.1, 0.15) is 17.0 Å². The van der Waals surface area contributed by atoms with E-state index in [1.165, 1.54) is 44.9 Å². The van der Waals surface area contributed by atoms with Gasteiger partial charge >= 0.3 is 0 Å². The van der Waals surface area contributed by atoms with Crippen molar-refractivity contribution >= 4 is 0 Å². The van der Waals surface area contributed by atoms with Crippen LogP contribution in [0.5, 0.6) is 0 Å². The first-order valence-electron chi connectivity index (χ1n) is 9.89. The number of hydrogen-bond acceptors (Lipinski definition) is 6. The van der Waals surface area contributed by atoms with Gasteiger partial charge in [-0.2, -0.15) is 0 Å². The molecule has 0 atom stereocenters. The van der Waals surface area contributed by atoms with Crippen molar-refractivity contribution in [3.8, 4) is 22.7 Å². The summed E-state index contributed by atoms with van der Waals surface area (Å²) in [5.74, 6) is 1.74. The Bertz CT molecular complexity index is 848. The molecule has 1 saturated carbocycles. The summed E-state index contributed by atoms with van der Waals surface area (Å²) in [6.45, 7) is 2.47. The second-order valence-electron chi connectivity index (χ2n) is 7.25. The molecule has 0 spiro atoms. The lowest BCUT2D eigenvalue weighted by Gasteiger charge is -2.20. The third kappa shape index (κ3) is 4.27. The molecule has 1 aliphatic rings. The van der Waals surface area contributed by atoms with Crippen LogP contribution < -0.4 is 5.32 Å². The van der Waals surface area contributed by atoms with Crippen LogP contribution in [-0.4, -0.2) is 21.4 Å². The van der Waals surface area contributed by atoms with E-state index in [2.05, 4.69) is 20.7 Å². The molecule has 142 valence electrons. The lowest BCUT2D eigenvalue weighted by Crippen LogP contribution is -2.29. The maximum absolute atomic E-state index is 5.93. The number of nitrogens with one attached hydrogen (secondary N) is 1. The summed E-state index contributed by atoms with van der Waals surface area (Å²) in [4.78, 5) is 0. The summed E-state index contributed by atoms with van der Waals surface area (Å²) < 4.78 is 11.3. The molecule has 0 bridgehead atoms. The average Bonchev–Trinajstić information content (AvgIpc) is 3.28. The third-order valence-electron chi connectivity index (χ3n) is 5.24. The Morgan fingerprint density at radius 3 is 2.52 bits per heavy atom. The number of aryl methyl sites for hydroxylation is 1. The summed E-state index contributed by atoms with van der Waals surface area (Å²) in [6.07, 6.45) is 9.12. The molecule has 4 rings (SSSR count). The fraction of sp³-hybridized carbons (Fsp3) is 0.476. The molecule has 3 aromatic rings. The molecule has 0 amide bonds. The summed E-state index contributed by atoms with van der Waals surface area (Å²) in [6, 6.07) is 10.4. The predicted molar refractivity (Wildman–Crippen MR) is 103 cm³/mol. The fourth-order valence-electron chi connectivity index (χ4n) is 3.74. The minimum Gasteiger partial charge on any atom is -0.419 e. The van der Waals surface area contributed by atoms with Crippen LogP contribution in [0.1, 0.15) is 56.6 Å². The molecule has 0 unspecified atom stereocenters. The smallest absolute Gasteiger partial charge is 0.253 e. The third-order valence-corrected chi connectivity index (χ3v) is 5.24. The normalized spacial score (nSPS) is 16.2. The van der Waals surface area contributed by atoms with Gasteiger partial charge in [-0.05, 0) is 19.8 Å². The van der Waals surface area contributed by atoms with E-state index in [1.54, 1.807) is 0 Å². The molecule has 1 N–H and O–H groups in total. The topological polar surface area (TPSA) is 77.0 Å². The van der Waals surface area contributed by atoms with Crippen molar-refractivity contribution in [3.63, 3.8) is 0 Å². The van der Waals surface area contributed by atoms with E-state index in [0.29, 0.717) is 30.1 Å². The van der Waals surface area contributed by atoms with Crippen molar-refractivity contribution in [2.45, 2.75) is 64.5 Å². The minimum absolute atomic E-state index is 0.460. The molecule has 1 aromatic carbocycles. The molecule has 27 heavy (non-hydrogen) atoms. The van der Waals surface area contributed by atoms with Crippen molar-refractivity contribution in [1.82, 2.24) is 20.7 Å². The highest BCUT2D eigenvalue weighted by Crippen LogP contribution is 2.33. The molecule has 2 heterocycles. The maximum atomic E-state index is 5.93. The van der Waals surface area contributed by atoms with Crippen molar-refractivity contribution < 1.29 is 8.94 Å². The molecule has 6 heteroatoms. The highest BCUT2D eigenvalue weighted by molar-refractivity contribution is 5.77. The molecule has 0 aliphatic heterocycles. The zero-order valence-corrected chi connectivity index (χ0v) is 15.8. The standard InChI is InChI=1S/C21H26N4O2/c1-15-19(20(25-27-15)16-10-6-5-7-11-16)21-24-23-18(26-21)14-22-17-12-8-3-2-4-9-13-17/h5-7,10-11,17,22H,2-4,8-9,12-14H2,1H3. The second kappa shape index (κ2) is 8.48. The van der Waals surface area contributed by atoms with E-state index in [4.69, 9.17) is 8.94 Å². The van der Waals surface area contributed by atoms with Gasteiger partial charge in [-0.3, -0.25) is 0 Å². The lowest BCUT2D eigenvalue weighted by atomic mass is 9.97. The fourth-order valence-corrected chi connectivity index (χ4v) is 3.74. The van der Waals surface area contributed by atoms with E-state index >= 15 is 0 Å². The van der Waals surface area contributed by atoms with Gasteiger partial charge in [0.2, 0.25) is 5.89 Å². The van der Waals surface area contributed by atoms with Gasteiger partial charge in [-0.1, -0.05) is 67.6 Å². The van der Waals surface area contributed by atoms with E-state index in [-0.39, 0.29) is 0 Å². The van der Waals surface area contributed by atoms with Crippen LogP contribution in [0.25, 0.3) is 22.7 Å². The van der Waals surface area contributed by atoms with Crippen molar-refractivity contribution in [2.75, 3.05) is 0 Å². The van der Waals surface area contributed by atoms with E-state index in [0.717, 1.165) is 16.8 Å².